The molecule has 124 valence electrons. The minimum Gasteiger partial charge on any atom is -0.378 e. The van der Waals surface area contributed by atoms with E-state index < -0.39 is 50.4 Å². The first-order chi connectivity index (χ1) is 11.3. The quantitative estimate of drug-likeness (QED) is 0.625. The first-order valence-corrected chi connectivity index (χ1v) is 8.26. The first-order valence-electron chi connectivity index (χ1n) is 6.68. The Bertz CT molecular complexity index is 981. The average Bonchev–Trinajstić information content (AvgIpc) is 2.84. The van der Waals surface area contributed by atoms with Crippen LogP contribution in [0.4, 0.5) is 13.2 Å². The van der Waals surface area contributed by atoms with Gasteiger partial charge in [0.25, 0.3) is 0 Å². The molecule has 0 N–H and O–H groups in total. The van der Waals surface area contributed by atoms with Gasteiger partial charge < -0.3 is 4.18 Å². The second-order valence-corrected chi connectivity index (χ2v) is 6.62. The molecule has 0 bridgehead atoms. The van der Waals surface area contributed by atoms with Crippen molar-refractivity contribution < 1.29 is 30.6 Å². The number of fused-ring (bicyclic) bond motifs is 1. The number of carbonyl (C=O) groups excluding carboxylic acids is 1. The van der Waals surface area contributed by atoms with E-state index in [4.69, 9.17) is 4.18 Å². The number of hydrogen-bond donors (Lipinski definition) is 0. The molecule has 0 spiro atoms. The molecule has 4 nitrogen and oxygen atoms in total. The van der Waals surface area contributed by atoms with E-state index in [1.807, 2.05) is 0 Å². The molecule has 2 aromatic carbocycles. The summed E-state index contributed by atoms with van der Waals surface area (Å²) in [7, 11) is -4.44. The summed E-state index contributed by atoms with van der Waals surface area (Å²) in [5.74, 6) is -6.92. The molecule has 0 heterocycles. The van der Waals surface area contributed by atoms with Gasteiger partial charge in [-0.05, 0) is 17.7 Å². The molecule has 3 rings (SSSR count). The predicted molar refractivity (Wildman–Crippen MR) is 78.8 cm³/mol. The topological polar surface area (TPSA) is 60.4 Å². The maximum absolute atomic E-state index is 13.6. The molecule has 24 heavy (non-hydrogen) atoms. The number of hydrogen-bond acceptors (Lipinski definition) is 4. The summed E-state index contributed by atoms with van der Waals surface area (Å²) >= 11 is 0. The third kappa shape index (κ3) is 2.92. The van der Waals surface area contributed by atoms with Crippen LogP contribution in [0.5, 0.6) is 0 Å². The Morgan fingerprint density at radius 1 is 0.958 bits per heavy atom. The molecule has 1 aliphatic rings. The van der Waals surface area contributed by atoms with Gasteiger partial charge in [-0.1, -0.05) is 30.3 Å². The summed E-state index contributed by atoms with van der Waals surface area (Å²) in [6.45, 7) is 0. The molecule has 1 aliphatic carbocycles. The molecule has 8 heteroatoms. The van der Waals surface area contributed by atoms with Gasteiger partial charge in [-0.2, -0.15) is 8.42 Å². The number of Topliss-reactive ketones (excluding diaryl/α,β-unsaturated/α-hetero) is 1. The lowest BCUT2D eigenvalue weighted by Crippen LogP contribution is -2.13. The van der Waals surface area contributed by atoms with E-state index in [1.54, 1.807) is 18.2 Å². The fourth-order valence-electron chi connectivity index (χ4n) is 2.27. The molecule has 0 unspecified atom stereocenters. The van der Waals surface area contributed by atoms with Gasteiger partial charge in [0.15, 0.2) is 23.2 Å². The van der Waals surface area contributed by atoms with Crippen LogP contribution in [0.2, 0.25) is 0 Å². The number of benzene rings is 2. The van der Waals surface area contributed by atoms with Crippen molar-refractivity contribution in [2.75, 3.05) is 0 Å². The fraction of sp³-hybridized carbons (Fsp3) is 0.0625. The summed E-state index contributed by atoms with van der Waals surface area (Å²) < 4.78 is 68.3. The van der Waals surface area contributed by atoms with Gasteiger partial charge in [-0.15, -0.1) is 0 Å². The minimum absolute atomic E-state index is 0.279. The second-order valence-electron chi connectivity index (χ2n) is 5.04. The van der Waals surface area contributed by atoms with Gasteiger partial charge in [0.2, 0.25) is 5.78 Å². The highest BCUT2D eigenvalue weighted by molar-refractivity contribution is 7.86. The third-order valence-electron chi connectivity index (χ3n) is 3.38. The fourth-order valence-corrected chi connectivity index (χ4v) is 3.33. The van der Waals surface area contributed by atoms with Crippen molar-refractivity contribution >= 4 is 22.0 Å². The number of carbonyl (C=O) groups is 1. The zero-order valence-electron chi connectivity index (χ0n) is 11.9. The van der Waals surface area contributed by atoms with Crippen molar-refractivity contribution in [1.82, 2.24) is 0 Å². The lowest BCUT2D eigenvalue weighted by atomic mass is 10.1. The highest BCUT2D eigenvalue weighted by Crippen LogP contribution is 2.27. The molecule has 0 aliphatic heterocycles. The summed E-state index contributed by atoms with van der Waals surface area (Å²) in [4.78, 5) is 12.1. The minimum atomic E-state index is -4.44. The third-order valence-corrected chi connectivity index (χ3v) is 4.48. The number of rotatable bonds is 4. The van der Waals surface area contributed by atoms with Crippen LogP contribution in [0.25, 0.3) is 6.08 Å². The maximum atomic E-state index is 13.6. The molecule has 0 aromatic heterocycles. The van der Waals surface area contributed by atoms with E-state index in [2.05, 4.69) is 0 Å². The van der Waals surface area contributed by atoms with Gasteiger partial charge in [-0.25, -0.2) is 13.2 Å². The number of halogens is 3. The lowest BCUT2D eigenvalue weighted by Gasteiger charge is -2.08. The van der Waals surface area contributed by atoms with Crippen LogP contribution in [-0.2, 0) is 20.1 Å². The summed E-state index contributed by atoms with van der Waals surface area (Å²) in [6, 6.07) is 7.79. The number of ketones is 1. The van der Waals surface area contributed by atoms with Gasteiger partial charge in [0, 0.05) is 11.1 Å². The second kappa shape index (κ2) is 5.79. The first kappa shape index (κ1) is 16.3. The summed E-state index contributed by atoms with van der Waals surface area (Å²) in [5.41, 5.74) is 0.172. The van der Waals surface area contributed by atoms with Crippen molar-refractivity contribution in [3.8, 4) is 0 Å². The Hall–Kier alpha value is -2.61. The zero-order chi connectivity index (χ0) is 17.5. The van der Waals surface area contributed by atoms with E-state index in [0.717, 1.165) is 6.07 Å². The SMILES string of the molecule is O=C1C(OS(=O)(=O)Cc2ccc(F)c(F)c2F)=Cc2ccccc21. The van der Waals surface area contributed by atoms with Crippen LogP contribution in [0.1, 0.15) is 21.5 Å². The summed E-state index contributed by atoms with van der Waals surface area (Å²) in [5, 5.41) is 0. The molecule has 0 radical (unpaired) electrons. The van der Waals surface area contributed by atoms with E-state index in [0.29, 0.717) is 11.6 Å². The largest absolute Gasteiger partial charge is 0.378 e. The van der Waals surface area contributed by atoms with Crippen LogP contribution in [0.15, 0.2) is 42.2 Å². The molecule has 0 atom stereocenters. The van der Waals surface area contributed by atoms with Crippen molar-refractivity contribution in [3.05, 3.63) is 76.3 Å². The van der Waals surface area contributed by atoms with Crippen LogP contribution >= 0.6 is 0 Å². The van der Waals surface area contributed by atoms with E-state index >= 15 is 0 Å². The molecule has 0 amide bonds. The maximum Gasteiger partial charge on any atom is 0.313 e. The number of allylic oxidation sites excluding steroid dienone is 1. The summed E-state index contributed by atoms with van der Waals surface area (Å²) in [6.07, 6.45) is 1.25. The smallest absolute Gasteiger partial charge is 0.313 e. The zero-order valence-corrected chi connectivity index (χ0v) is 12.7. The average molecular weight is 354 g/mol. The molecule has 0 saturated heterocycles. The van der Waals surface area contributed by atoms with E-state index in [9.17, 15) is 26.4 Å². The van der Waals surface area contributed by atoms with Crippen molar-refractivity contribution in [2.24, 2.45) is 0 Å². The van der Waals surface area contributed by atoms with Gasteiger partial charge in [-0.3, -0.25) is 4.79 Å². The Morgan fingerprint density at radius 2 is 1.67 bits per heavy atom. The Morgan fingerprint density at radius 3 is 2.38 bits per heavy atom. The van der Waals surface area contributed by atoms with Crippen LogP contribution < -0.4 is 0 Å². The Kier molecular flexibility index (Phi) is 3.92. The van der Waals surface area contributed by atoms with Gasteiger partial charge >= 0.3 is 10.1 Å². The molecular weight excluding hydrogens is 345 g/mol. The predicted octanol–water partition coefficient (Wildman–Crippen LogP) is 3.19. The normalized spacial score (nSPS) is 13.6. The van der Waals surface area contributed by atoms with Crippen LogP contribution in [0.3, 0.4) is 0 Å². The van der Waals surface area contributed by atoms with Gasteiger partial charge in [0.05, 0.1) is 0 Å². The highest BCUT2D eigenvalue weighted by atomic mass is 32.2. The van der Waals surface area contributed by atoms with Crippen molar-refractivity contribution in [1.29, 1.82) is 0 Å². The highest BCUT2D eigenvalue weighted by Gasteiger charge is 2.29. The van der Waals surface area contributed by atoms with Gasteiger partial charge in [0.1, 0.15) is 5.75 Å². The van der Waals surface area contributed by atoms with Crippen LogP contribution in [0, 0.1) is 17.5 Å². The Balaban J connectivity index is 1.84. The molecule has 0 fully saturated rings. The standard InChI is InChI=1S/C16H9F3O4S/c17-12-6-5-10(14(18)15(12)19)8-24(21,22)23-13-7-9-3-1-2-4-11(9)16(13)20/h1-7H,8H2. The van der Waals surface area contributed by atoms with Crippen molar-refractivity contribution in [2.45, 2.75) is 5.75 Å². The van der Waals surface area contributed by atoms with Crippen LogP contribution in [-0.4, -0.2) is 14.2 Å². The molecular formula is C16H9F3O4S. The van der Waals surface area contributed by atoms with E-state index in [1.165, 1.54) is 12.1 Å². The molecule has 0 saturated carbocycles. The lowest BCUT2D eigenvalue weighted by molar-refractivity contribution is 0.0993. The monoisotopic (exact) mass is 354 g/mol. The Labute approximate surface area is 135 Å². The molecule has 2 aromatic rings. The van der Waals surface area contributed by atoms with Crippen molar-refractivity contribution in [3.63, 3.8) is 0 Å². The van der Waals surface area contributed by atoms with E-state index in [-0.39, 0.29) is 5.56 Å².